The molecule has 0 aliphatic heterocycles. The van der Waals surface area contributed by atoms with Crippen molar-refractivity contribution in [2.45, 2.75) is 18.7 Å². The van der Waals surface area contributed by atoms with E-state index in [-0.39, 0.29) is 10.7 Å². The highest BCUT2D eigenvalue weighted by molar-refractivity contribution is 7.92. The van der Waals surface area contributed by atoms with Gasteiger partial charge in [0, 0.05) is 22.5 Å². The summed E-state index contributed by atoms with van der Waals surface area (Å²) in [6.07, 6.45) is 0. The lowest BCUT2D eigenvalue weighted by molar-refractivity contribution is 0.601. The van der Waals surface area contributed by atoms with Gasteiger partial charge in [-0.2, -0.15) is 5.10 Å². The first-order valence-electron chi connectivity index (χ1n) is 5.40. The molecule has 0 atom stereocenters. The maximum Gasteiger partial charge on any atom is 0.263 e. The highest BCUT2D eigenvalue weighted by atomic mass is 35.5. The van der Waals surface area contributed by atoms with E-state index < -0.39 is 10.0 Å². The van der Waals surface area contributed by atoms with Crippen LogP contribution in [0.4, 0.5) is 11.5 Å². The Balaban J connectivity index is 2.40. The van der Waals surface area contributed by atoms with Crippen LogP contribution in [0.3, 0.4) is 0 Å². The number of rotatable bonds is 3. The summed E-state index contributed by atoms with van der Waals surface area (Å²) >= 11 is 5.94. The number of aromatic nitrogens is 2. The van der Waals surface area contributed by atoms with Crippen molar-refractivity contribution in [1.82, 2.24) is 10.2 Å². The van der Waals surface area contributed by atoms with Gasteiger partial charge in [-0.25, -0.2) is 8.42 Å². The number of aromatic amines is 1. The van der Waals surface area contributed by atoms with E-state index in [1.54, 1.807) is 19.9 Å². The lowest BCUT2D eigenvalue weighted by atomic mass is 10.2. The number of nitrogens with one attached hydrogen (secondary N) is 2. The minimum absolute atomic E-state index is 0.00116. The van der Waals surface area contributed by atoms with Crippen LogP contribution in [-0.4, -0.2) is 18.6 Å². The number of nitrogens with zero attached hydrogens (tertiary/aromatic N) is 1. The van der Waals surface area contributed by atoms with Gasteiger partial charge in [0.15, 0.2) is 5.82 Å². The topological polar surface area (TPSA) is 101 Å². The smallest absolute Gasteiger partial charge is 0.263 e. The first kappa shape index (κ1) is 13.7. The van der Waals surface area contributed by atoms with Crippen molar-refractivity contribution in [2.75, 3.05) is 10.5 Å². The Morgan fingerprint density at radius 3 is 2.53 bits per heavy atom. The van der Waals surface area contributed by atoms with Crippen LogP contribution in [0.15, 0.2) is 23.1 Å². The molecule has 8 heteroatoms. The molecule has 2 rings (SSSR count). The summed E-state index contributed by atoms with van der Waals surface area (Å²) in [4.78, 5) is 0.00116. The van der Waals surface area contributed by atoms with Crippen LogP contribution in [0.2, 0.25) is 5.02 Å². The van der Waals surface area contributed by atoms with Gasteiger partial charge < -0.3 is 5.73 Å². The lowest BCUT2D eigenvalue weighted by Gasteiger charge is -2.09. The molecule has 1 aromatic carbocycles. The van der Waals surface area contributed by atoms with Crippen LogP contribution >= 0.6 is 11.6 Å². The van der Waals surface area contributed by atoms with Crippen LogP contribution in [0.5, 0.6) is 0 Å². The van der Waals surface area contributed by atoms with Gasteiger partial charge in [-0.1, -0.05) is 11.6 Å². The number of hydrogen-bond donors (Lipinski definition) is 3. The maximum atomic E-state index is 12.1. The van der Waals surface area contributed by atoms with Crippen molar-refractivity contribution in [3.05, 3.63) is 34.5 Å². The molecule has 0 saturated heterocycles. The van der Waals surface area contributed by atoms with E-state index >= 15 is 0 Å². The first-order valence-corrected chi connectivity index (χ1v) is 7.26. The fraction of sp³-hybridized carbons (Fsp3) is 0.182. The number of halogens is 1. The van der Waals surface area contributed by atoms with E-state index in [2.05, 4.69) is 14.9 Å². The molecule has 0 spiro atoms. The molecule has 0 aliphatic rings. The Morgan fingerprint density at radius 2 is 2.00 bits per heavy atom. The Kier molecular flexibility index (Phi) is 3.42. The summed E-state index contributed by atoms with van der Waals surface area (Å²) in [6, 6.07) is 4.30. The monoisotopic (exact) mass is 300 g/mol. The van der Waals surface area contributed by atoms with Gasteiger partial charge in [0.25, 0.3) is 10.0 Å². The van der Waals surface area contributed by atoms with E-state index in [1.165, 1.54) is 12.1 Å². The number of nitrogen functional groups attached to an aromatic ring is 1. The fourth-order valence-corrected chi connectivity index (χ4v) is 2.84. The molecule has 102 valence electrons. The van der Waals surface area contributed by atoms with Gasteiger partial charge >= 0.3 is 0 Å². The van der Waals surface area contributed by atoms with Crippen molar-refractivity contribution in [3.8, 4) is 0 Å². The van der Waals surface area contributed by atoms with Crippen molar-refractivity contribution >= 4 is 33.1 Å². The average molecular weight is 301 g/mol. The highest BCUT2D eigenvalue weighted by Gasteiger charge is 2.18. The molecule has 0 unspecified atom stereocenters. The van der Waals surface area contributed by atoms with Gasteiger partial charge in [0.1, 0.15) is 0 Å². The summed E-state index contributed by atoms with van der Waals surface area (Å²) in [5, 5.41) is 6.76. The second kappa shape index (κ2) is 4.75. The van der Waals surface area contributed by atoms with Gasteiger partial charge in [-0.15, -0.1) is 0 Å². The number of sulfonamides is 1. The van der Waals surface area contributed by atoms with Crippen LogP contribution < -0.4 is 10.5 Å². The molecule has 1 heterocycles. The van der Waals surface area contributed by atoms with E-state index in [0.29, 0.717) is 16.3 Å². The Hall–Kier alpha value is -1.73. The largest absolute Gasteiger partial charge is 0.398 e. The fourth-order valence-electron chi connectivity index (χ4n) is 1.50. The molecule has 1 aromatic heterocycles. The van der Waals surface area contributed by atoms with Crippen molar-refractivity contribution < 1.29 is 8.42 Å². The Bertz CT molecular complexity index is 701. The SMILES string of the molecule is Cc1cc(NS(=O)(=O)c2cc(N)c(C)c(Cl)c2)n[nH]1. The normalized spacial score (nSPS) is 11.5. The molecule has 0 radical (unpaired) electrons. The highest BCUT2D eigenvalue weighted by Crippen LogP contribution is 2.26. The zero-order valence-corrected chi connectivity index (χ0v) is 11.9. The molecule has 19 heavy (non-hydrogen) atoms. The molecule has 0 saturated carbocycles. The minimum atomic E-state index is -3.76. The average Bonchev–Trinajstić information content (AvgIpc) is 2.70. The molecule has 0 amide bonds. The predicted octanol–water partition coefficient (Wildman–Crippen LogP) is 2.06. The molecular weight excluding hydrogens is 288 g/mol. The molecule has 2 aromatic rings. The predicted molar refractivity (Wildman–Crippen MR) is 74.7 cm³/mol. The third kappa shape index (κ3) is 2.82. The van der Waals surface area contributed by atoms with Crippen molar-refractivity contribution in [2.24, 2.45) is 0 Å². The van der Waals surface area contributed by atoms with Gasteiger partial charge in [-0.3, -0.25) is 9.82 Å². The van der Waals surface area contributed by atoms with E-state index in [4.69, 9.17) is 17.3 Å². The third-order valence-corrected chi connectivity index (χ3v) is 4.34. The molecule has 0 aliphatic carbocycles. The molecule has 6 nitrogen and oxygen atoms in total. The number of anilines is 2. The van der Waals surface area contributed by atoms with E-state index in [9.17, 15) is 8.42 Å². The summed E-state index contributed by atoms with van der Waals surface area (Å²) < 4.78 is 26.6. The summed E-state index contributed by atoms with van der Waals surface area (Å²) in [6.45, 7) is 3.49. The number of H-pyrrole nitrogens is 1. The lowest BCUT2D eigenvalue weighted by Crippen LogP contribution is -2.14. The standard InChI is InChI=1S/C11H13ClN4O2S/c1-6-3-11(15-14-6)16-19(17,18)8-4-9(12)7(2)10(13)5-8/h3-5H,13H2,1-2H3,(H2,14,15,16). The molecule has 0 bridgehead atoms. The quantitative estimate of drug-likeness (QED) is 0.755. The Labute approximate surface area is 116 Å². The zero-order valence-electron chi connectivity index (χ0n) is 10.4. The summed E-state index contributed by atoms with van der Waals surface area (Å²) in [5.41, 5.74) is 7.44. The summed E-state index contributed by atoms with van der Waals surface area (Å²) in [7, 11) is -3.76. The first-order chi connectivity index (χ1) is 8.79. The summed E-state index contributed by atoms with van der Waals surface area (Å²) in [5.74, 6) is 0.216. The van der Waals surface area contributed by atoms with Gasteiger partial charge in [-0.05, 0) is 31.5 Å². The minimum Gasteiger partial charge on any atom is -0.398 e. The number of benzene rings is 1. The van der Waals surface area contributed by atoms with Crippen LogP contribution in [-0.2, 0) is 10.0 Å². The van der Waals surface area contributed by atoms with E-state index in [0.717, 1.165) is 5.69 Å². The Morgan fingerprint density at radius 1 is 1.32 bits per heavy atom. The number of nitrogens with two attached hydrogens (primary N) is 1. The zero-order chi connectivity index (χ0) is 14.2. The van der Waals surface area contributed by atoms with Crippen molar-refractivity contribution in [3.63, 3.8) is 0 Å². The van der Waals surface area contributed by atoms with E-state index in [1.807, 2.05) is 0 Å². The number of aryl methyl sites for hydroxylation is 1. The van der Waals surface area contributed by atoms with Gasteiger partial charge in [0.05, 0.1) is 4.90 Å². The van der Waals surface area contributed by atoms with Crippen LogP contribution in [0.1, 0.15) is 11.3 Å². The van der Waals surface area contributed by atoms with Crippen molar-refractivity contribution in [1.29, 1.82) is 0 Å². The van der Waals surface area contributed by atoms with Crippen LogP contribution in [0, 0.1) is 13.8 Å². The number of hydrogen-bond acceptors (Lipinski definition) is 4. The molecule has 0 fully saturated rings. The second-order valence-electron chi connectivity index (χ2n) is 4.16. The third-order valence-electron chi connectivity index (χ3n) is 2.61. The van der Waals surface area contributed by atoms with Crippen LogP contribution in [0.25, 0.3) is 0 Å². The van der Waals surface area contributed by atoms with Gasteiger partial charge in [0.2, 0.25) is 0 Å². The second-order valence-corrected chi connectivity index (χ2v) is 6.25. The maximum absolute atomic E-state index is 12.1. The molecular formula is C11H13ClN4O2S. The molecule has 4 N–H and O–H groups in total.